The van der Waals surface area contributed by atoms with Crippen molar-refractivity contribution in [3.8, 4) is 0 Å². The number of amides is 1. The van der Waals surface area contributed by atoms with Crippen molar-refractivity contribution in [1.82, 2.24) is 6.15 Å². The molecule has 1 amide bonds. The maximum atomic E-state index is 15.8. The number of alkyl halides is 1. The zero-order valence-electron chi connectivity index (χ0n) is 21.0. The molecule has 31 heavy (non-hydrogen) atoms. The Morgan fingerprint density at radius 1 is 0.839 bits per heavy atom. The Bertz CT molecular complexity index is 434. The van der Waals surface area contributed by atoms with Crippen LogP contribution in [-0.2, 0) is 18.1 Å². The van der Waals surface area contributed by atoms with Crippen LogP contribution in [0.3, 0.4) is 0 Å². The first-order chi connectivity index (χ1) is 14.4. The van der Waals surface area contributed by atoms with Gasteiger partial charge in [-0.15, -0.1) is 0 Å². The van der Waals surface area contributed by atoms with Crippen LogP contribution in [0.1, 0.15) is 104 Å². The summed E-state index contributed by atoms with van der Waals surface area (Å²) in [5, 5.41) is 0. The van der Waals surface area contributed by atoms with Gasteiger partial charge in [0.1, 0.15) is 0 Å². The molecule has 0 aromatic rings. The number of rotatable bonds is 21. The van der Waals surface area contributed by atoms with Crippen LogP contribution in [0.25, 0.3) is 0 Å². The van der Waals surface area contributed by atoms with Crippen LogP contribution in [0.5, 0.6) is 0 Å². The lowest BCUT2D eigenvalue weighted by Crippen LogP contribution is -2.47. The number of hydrogen-bond acceptors (Lipinski definition) is 5. The van der Waals surface area contributed by atoms with Crippen molar-refractivity contribution < 1.29 is 22.5 Å². The summed E-state index contributed by atoms with van der Waals surface area (Å²) in [6.45, 7) is 4.24. The number of carbonyl (C=O) groups excluding carboxylic acids is 1. The molecule has 2 unspecified atom stereocenters. The van der Waals surface area contributed by atoms with Crippen LogP contribution < -0.4 is 11.9 Å². The van der Waals surface area contributed by atoms with E-state index in [2.05, 4.69) is 6.92 Å². The Morgan fingerprint density at radius 3 is 1.74 bits per heavy atom. The van der Waals surface area contributed by atoms with Gasteiger partial charge in [0.05, 0.1) is 0 Å². The van der Waals surface area contributed by atoms with Gasteiger partial charge in [-0.3, -0.25) is 4.79 Å². The molecule has 0 aliphatic heterocycles. The fourth-order valence-corrected chi connectivity index (χ4v) is 6.04. The minimum atomic E-state index is -2.68. The van der Waals surface area contributed by atoms with Crippen LogP contribution >= 0.6 is 0 Å². The minimum absolute atomic E-state index is 0. The summed E-state index contributed by atoms with van der Waals surface area (Å²) in [5.74, 6) is -1.18. The van der Waals surface area contributed by atoms with Crippen LogP contribution in [-0.4, -0.2) is 41.7 Å². The van der Waals surface area contributed by atoms with Crippen molar-refractivity contribution in [1.29, 1.82) is 0 Å². The topological polar surface area (TPSA) is 106 Å². The molecule has 2 atom stereocenters. The summed E-state index contributed by atoms with van der Waals surface area (Å²) in [5.41, 5.74) is 3.63. The molecule has 0 bridgehead atoms. The molecule has 0 saturated heterocycles. The molecule has 0 aromatic carbocycles. The Balaban J connectivity index is 0. The van der Waals surface area contributed by atoms with Crippen LogP contribution in [0.4, 0.5) is 4.39 Å². The first-order valence-electron chi connectivity index (χ1n) is 12.0. The monoisotopic (exact) mass is 466 g/mol. The van der Waals surface area contributed by atoms with E-state index >= 15 is 4.39 Å². The molecule has 0 saturated carbocycles. The average molecular weight is 467 g/mol. The Labute approximate surface area is 192 Å². The summed E-state index contributed by atoms with van der Waals surface area (Å²) in [7, 11) is 2.05. The predicted molar refractivity (Wildman–Crippen MR) is 129 cm³/mol. The Kier molecular flexibility index (Phi) is 20.0. The lowest BCUT2D eigenvalue weighted by Gasteiger charge is -2.32. The molecular formula is C23H51FN2O4Si. The van der Waals surface area contributed by atoms with Gasteiger partial charge >= 0.3 is 8.80 Å². The van der Waals surface area contributed by atoms with Crippen LogP contribution in [0.15, 0.2) is 0 Å². The van der Waals surface area contributed by atoms with Gasteiger partial charge in [-0.25, -0.2) is 4.39 Å². The molecule has 8 heteroatoms. The second-order valence-corrected chi connectivity index (χ2v) is 11.6. The zero-order chi connectivity index (χ0) is 22.9. The van der Waals surface area contributed by atoms with Gasteiger partial charge in [0, 0.05) is 33.3 Å². The van der Waals surface area contributed by atoms with Gasteiger partial charge < -0.3 is 25.2 Å². The van der Waals surface area contributed by atoms with E-state index in [1.807, 2.05) is 6.92 Å². The van der Waals surface area contributed by atoms with E-state index in [0.717, 1.165) is 19.3 Å². The van der Waals surface area contributed by atoms with E-state index in [1.54, 1.807) is 21.3 Å². The highest BCUT2D eigenvalue weighted by Crippen LogP contribution is 2.36. The highest BCUT2D eigenvalue weighted by Gasteiger charge is 2.44. The highest BCUT2D eigenvalue weighted by atomic mass is 28.4. The number of unbranched alkanes of at least 4 members (excludes halogenated alkanes) is 8. The third kappa shape index (κ3) is 12.3. The first kappa shape index (κ1) is 32.6. The Hall–Kier alpha value is -0.543. The summed E-state index contributed by atoms with van der Waals surface area (Å²) in [4.78, 5) is 12.1. The lowest BCUT2D eigenvalue weighted by atomic mass is 9.78. The second-order valence-electron chi connectivity index (χ2n) is 8.48. The molecule has 0 aromatic heterocycles. The van der Waals surface area contributed by atoms with Crippen molar-refractivity contribution in [2.45, 2.75) is 115 Å². The number of hydrogen-bond donors (Lipinski definition) is 2. The van der Waals surface area contributed by atoms with Crippen LogP contribution in [0.2, 0.25) is 6.04 Å². The SMILES string of the molecule is CCCCCCCCCCCC(F)(C(N)=O)C(CCC)CCC[Si](OC)(OC)OC.N. The largest absolute Gasteiger partial charge is 0.500 e. The maximum absolute atomic E-state index is 15.8. The molecule has 188 valence electrons. The molecule has 0 fully saturated rings. The third-order valence-corrected chi connectivity index (χ3v) is 9.14. The summed E-state index contributed by atoms with van der Waals surface area (Å²) in [6, 6.07) is 0.601. The minimum Gasteiger partial charge on any atom is -0.377 e. The molecule has 0 spiro atoms. The molecule has 0 aliphatic rings. The van der Waals surface area contributed by atoms with E-state index in [-0.39, 0.29) is 18.5 Å². The van der Waals surface area contributed by atoms with E-state index in [4.69, 9.17) is 19.0 Å². The van der Waals surface area contributed by atoms with Crippen molar-refractivity contribution in [2.75, 3.05) is 21.3 Å². The highest BCUT2D eigenvalue weighted by molar-refractivity contribution is 6.60. The molecule has 6 nitrogen and oxygen atoms in total. The predicted octanol–water partition coefficient (Wildman–Crippen LogP) is 6.34. The van der Waals surface area contributed by atoms with Gasteiger partial charge in [-0.1, -0.05) is 71.6 Å². The van der Waals surface area contributed by atoms with Crippen molar-refractivity contribution in [3.63, 3.8) is 0 Å². The maximum Gasteiger partial charge on any atom is 0.500 e. The van der Waals surface area contributed by atoms with Gasteiger partial charge in [-0.05, 0) is 32.1 Å². The van der Waals surface area contributed by atoms with E-state index in [1.165, 1.54) is 38.5 Å². The molecule has 0 aliphatic carbocycles. The number of halogens is 1. The first-order valence-corrected chi connectivity index (χ1v) is 13.9. The van der Waals surface area contributed by atoms with Gasteiger partial charge in [0.2, 0.25) is 0 Å². The van der Waals surface area contributed by atoms with Crippen molar-refractivity contribution >= 4 is 14.7 Å². The summed E-state index contributed by atoms with van der Waals surface area (Å²) < 4.78 is 32.1. The molecule has 0 radical (unpaired) electrons. The number of primary amides is 1. The zero-order valence-corrected chi connectivity index (χ0v) is 22.0. The van der Waals surface area contributed by atoms with E-state index in [0.29, 0.717) is 31.7 Å². The van der Waals surface area contributed by atoms with E-state index < -0.39 is 20.4 Å². The third-order valence-electron chi connectivity index (χ3n) is 6.31. The normalized spacial score (nSPS) is 14.6. The van der Waals surface area contributed by atoms with Gasteiger partial charge in [-0.2, -0.15) is 0 Å². The van der Waals surface area contributed by atoms with Crippen molar-refractivity contribution in [2.24, 2.45) is 11.7 Å². The fraction of sp³-hybridized carbons (Fsp3) is 0.957. The lowest BCUT2D eigenvalue weighted by molar-refractivity contribution is -0.134. The summed E-state index contributed by atoms with van der Waals surface area (Å²) >= 11 is 0. The molecule has 5 N–H and O–H groups in total. The molecule has 0 heterocycles. The molecular weight excluding hydrogens is 415 g/mol. The summed E-state index contributed by atoms with van der Waals surface area (Å²) in [6.07, 6.45) is 13.3. The quantitative estimate of drug-likeness (QED) is 0.152. The van der Waals surface area contributed by atoms with Crippen LogP contribution in [0, 0.1) is 5.92 Å². The van der Waals surface area contributed by atoms with Crippen molar-refractivity contribution in [3.05, 3.63) is 0 Å². The number of carbonyl (C=O) groups is 1. The number of nitrogens with two attached hydrogens (primary N) is 1. The Morgan fingerprint density at radius 2 is 1.32 bits per heavy atom. The second kappa shape index (κ2) is 19.0. The average Bonchev–Trinajstić information content (AvgIpc) is 2.75. The fourth-order valence-electron chi connectivity index (χ4n) is 4.29. The smallest absolute Gasteiger partial charge is 0.377 e. The standard InChI is InChI=1S/C23H48FNO4Si.H3N/c1-6-8-9-10-11-12-13-14-15-19-23(24,22(25)26)21(17-7-2)18-16-20-30(27-3,28-4)29-5;/h21H,6-20H2,1-5H3,(H2,25,26);1H3. The van der Waals surface area contributed by atoms with Gasteiger partial charge in [0.25, 0.3) is 5.91 Å². The van der Waals surface area contributed by atoms with E-state index in [9.17, 15) is 4.79 Å². The molecule has 0 rings (SSSR count). The van der Waals surface area contributed by atoms with Gasteiger partial charge in [0.15, 0.2) is 5.67 Å².